The molecule has 1 aliphatic heterocycles. The van der Waals surface area contributed by atoms with Crippen molar-refractivity contribution in [2.45, 2.75) is 6.54 Å². The second kappa shape index (κ2) is 7.33. The van der Waals surface area contributed by atoms with Crippen LogP contribution in [0.4, 0.5) is 15.9 Å². The molecule has 2 aromatic carbocycles. The highest BCUT2D eigenvalue weighted by molar-refractivity contribution is 5.94. The molecule has 2 heterocycles. The van der Waals surface area contributed by atoms with Gasteiger partial charge in [0.15, 0.2) is 11.5 Å². The van der Waals surface area contributed by atoms with Crippen LogP contribution in [-0.2, 0) is 6.54 Å². The van der Waals surface area contributed by atoms with E-state index in [4.69, 9.17) is 9.47 Å². The number of aromatic nitrogens is 1. The van der Waals surface area contributed by atoms with E-state index in [9.17, 15) is 9.18 Å². The number of hydrogen-bond donors (Lipinski definition) is 2. The van der Waals surface area contributed by atoms with E-state index in [-0.39, 0.29) is 18.5 Å². The zero-order valence-corrected chi connectivity index (χ0v) is 14.2. The third-order valence-corrected chi connectivity index (χ3v) is 4.03. The summed E-state index contributed by atoms with van der Waals surface area (Å²) in [6.07, 6.45) is 1.56. The van der Waals surface area contributed by atoms with Crippen LogP contribution >= 0.6 is 0 Å². The molecule has 1 aromatic heterocycles. The Bertz CT molecular complexity index is 976. The topological polar surface area (TPSA) is 72.5 Å². The number of rotatable bonds is 5. The Balaban J connectivity index is 1.42. The average Bonchev–Trinajstić information content (AvgIpc) is 3.15. The lowest BCUT2D eigenvalue weighted by Gasteiger charge is -2.09. The van der Waals surface area contributed by atoms with Gasteiger partial charge in [-0.1, -0.05) is 12.1 Å². The number of nitrogens with one attached hydrogen (secondary N) is 2. The molecule has 1 aliphatic rings. The van der Waals surface area contributed by atoms with Gasteiger partial charge in [-0.25, -0.2) is 9.37 Å². The third-order valence-electron chi connectivity index (χ3n) is 4.03. The molecular formula is C20H16FN3O3. The van der Waals surface area contributed by atoms with E-state index in [0.29, 0.717) is 29.4 Å². The fourth-order valence-corrected chi connectivity index (χ4v) is 2.65. The smallest absolute Gasteiger partial charge is 0.251 e. The lowest BCUT2D eigenvalue weighted by molar-refractivity contribution is 0.0951. The molecule has 0 saturated carbocycles. The molecule has 136 valence electrons. The number of amides is 1. The standard InChI is InChI=1S/C20H16FN3O3/c21-15-3-1-13(2-4-15)11-23-20(25)14-7-8-22-19(9-14)24-16-5-6-17-18(10-16)27-12-26-17/h1-10H,11-12H2,(H,22,24)(H,23,25). The van der Waals surface area contributed by atoms with Gasteiger partial charge in [-0.05, 0) is 42.0 Å². The van der Waals surface area contributed by atoms with Gasteiger partial charge < -0.3 is 20.1 Å². The number of benzene rings is 2. The van der Waals surface area contributed by atoms with Gasteiger partial charge in [-0.2, -0.15) is 0 Å². The Labute approximate surface area is 155 Å². The summed E-state index contributed by atoms with van der Waals surface area (Å²) in [6, 6.07) is 14.7. The van der Waals surface area contributed by atoms with E-state index in [2.05, 4.69) is 15.6 Å². The minimum absolute atomic E-state index is 0.209. The number of hydrogen-bond acceptors (Lipinski definition) is 5. The predicted octanol–water partition coefficient (Wildman–Crippen LogP) is 3.62. The van der Waals surface area contributed by atoms with Crippen LogP contribution in [0.1, 0.15) is 15.9 Å². The van der Waals surface area contributed by atoms with Gasteiger partial charge in [0.05, 0.1) is 0 Å². The predicted molar refractivity (Wildman–Crippen MR) is 97.7 cm³/mol. The second-order valence-electron chi connectivity index (χ2n) is 5.93. The maximum absolute atomic E-state index is 12.9. The first-order valence-corrected chi connectivity index (χ1v) is 8.33. The lowest BCUT2D eigenvalue weighted by Crippen LogP contribution is -2.22. The second-order valence-corrected chi connectivity index (χ2v) is 5.93. The maximum atomic E-state index is 12.9. The summed E-state index contributed by atoms with van der Waals surface area (Å²) in [7, 11) is 0. The van der Waals surface area contributed by atoms with Crippen molar-refractivity contribution in [1.29, 1.82) is 0 Å². The molecule has 27 heavy (non-hydrogen) atoms. The van der Waals surface area contributed by atoms with Gasteiger partial charge in [0, 0.05) is 30.1 Å². The van der Waals surface area contributed by atoms with Gasteiger partial charge in [-0.3, -0.25) is 4.79 Å². The molecule has 0 atom stereocenters. The molecule has 0 radical (unpaired) electrons. The third kappa shape index (κ3) is 3.98. The molecule has 3 aromatic rings. The quantitative estimate of drug-likeness (QED) is 0.722. The van der Waals surface area contributed by atoms with Crippen molar-refractivity contribution in [3.8, 4) is 11.5 Å². The molecule has 7 heteroatoms. The molecule has 0 unspecified atom stereocenters. The number of carbonyl (C=O) groups is 1. The normalized spacial score (nSPS) is 11.9. The highest BCUT2D eigenvalue weighted by Gasteiger charge is 2.14. The number of fused-ring (bicyclic) bond motifs is 1. The maximum Gasteiger partial charge on any atom is 0.251 e. The van der Waals surface area contributed by atoms with Crippen LogP contribution in [0, 0.1) is 5.82 Å². The number of ether oxygens (including phenoxy) is 2. The Kier molecular flexibility index (Phi) is 4.57. The lowest BCUT2D eigenvalue weighted by atomic mass is 10.2. The van der Waals surface area contributed by atoms with Crippen LogP contribution in [0.3, 0.4) is 0 Å². The molecular weight excluding hydrogens is 349 g/mol. The van der Waals surface area contributed by atoms with E-state index >= 15 is 0 Å². The molecule has 0 fully saturated rings. The first kappa shape index (κ1) is 16.8. The van der Waals surface area contributed by atoms with Crippen molar-refractivity contribution in [2.75, 3.05) is 12.1 Å². The van der Waals surface area contributed by atoms with E-state index in [0.717, 1.165) is 11.3 Å². The largest absolute Gasteiger partial charge is 0.454 e. The molecule has 0 bridgehead atoms. The van der Waals surface area contributed by atoms with Gasteiger partial charge in [0.25, 0.3) is 5.91 Å². The highest BCUT2D eigenvalue weighted by Crippen LogP contribution is 2.34. The van der Waals surface area contributed by atoms with Gasteiger partial charge in [-0.15, -0.1) is 0 Å². The molecule has 0 aliphatic carbocycles. The molecule has 2 N–H and O–H groups in total. The van der Waals surface area contributed by atoms with Crippen molar-refractivity contribution >= 4 is 17.4 Å². The van der Waals surface area contributed by atoms with Gasteiger partial charge in [0.1, 0.15) is 11.6 Å². The van der Waals surface area contributed by atoms with Crippen molar-refractivity contribution in [2.24, 2.45) is 0 Å². The highest BCUT2D eigenvalue weighted by atomic mass is 19.1. The SMILES string of the molecule is O=C(NCc1ccc(F)cc1)c1ccnc(Nc2ccc3c(c2)OCO3)c1. The summed E-state index contributed by atoms with van der Waals surface area (Å²) in [5.74, 6) is 1.34. The minimum Gasteiger partial charge on any atom is -0.454 e. The molecule has 6 nitrogen and oxygen atoms in total. The van der Waals surface area contributed by atoms with Crippen molar-refractivity contribution in [1.82, 2.24) is 10.3 Å². The number of pyridine rings is 1. The monoisotopic (exact) mass is 365 g/mol. The summed E-state index contributed by atoms with van der Waals surface area (Å²) in [5.41, 5.74) is 2.06. The Morgan fingerprint density at radius 3 is 2.70 bits per heavy atom. The van der Waals surface area contributed by atoms with Crippen LogP contribution < -0.4 is 20.1 Å². The van der Waals surface area contributed by atoms with E-state index in [1.807, 2.05) is 18.2 Å². The molecule has 1 amide bonds. The number of halogens is 1. The zero-order chi connectivity index (χ0) is 18.6. The number of nitrogens with zero attached hydrogens (tertiary/aromatic N) is 1. The van der Waals surface area contributed by atoms with Crippen molar-refractivity contribution in [3.63, 3.8) is 0 Å². The van der Waals surface area contributed by atoms with Gasteiger partial charge >= 0.3 is 0 Å². The Hall–Kier alpha value is -3.61. The Morgan fingerprint density at radius 1 is 1.04 bits per heavy atom. The van der Waals surface area contributed by atoms with E-state index in [1.165, 1.54) is 12.1 Å². The first-order valence-electron chi connectivity index (χ1n) is 8.33. The van der Waals surface area contributed by atoms with E-state index < -0.39 is 0 Å². The summed E-state index contributed by atoms with van der Waals surface area (Å²) in [4.78, 5) is 16.6. The first-order chi connectivity index (χ1) is 13.2. The fraction of sp³-hybridized carbons (Fsp3) is 0.100. The zero-order valence-electron chi connectivity index (χ0n) is 14.2. The van der Waals surface area contributed by atoms with Crippen molar-refractivity contribution < 1.29 is 18.7 Å². The number of carbonyl (C=O) groups excluding carboxylic acids is 1. The Morgan fingerprint density at radius 2 is 1.85 bits per heavy atom. The summed E-state index contributed by atoms with van der Waals surface area (Å²) >= 11 is 0. The fourth-order valence-electron chi connectivity index (χ4n) is 2.65. The summed E-state index contributed by atoms with van der Waals surface area (Å²) in [6.45, 7) is 0.521. The van der Waals surface area contributed by atoms with Gasteiger partial charge in [0.2, 0.25) is 6.79 Å². The number of anilines is 2. The molecule has 0 spiro atoms. The van der Waals surface area contributed by atoms with E-state index in [1.54, 1.807) is 30.5 Å². The minimum atomic E-state index is -0.307. The molecule has 0 saturated heterocycles. The summed E-state index contributed by atoms with van der Waals surface area (Å²) in [5, 5.41) is 5.95. The summed E-state index contributed by atoms with van der Waals surface area (Å²) < 4.78 is 23.6. The van der Waals surface area contributed by atoms with Crippen LogP contribution in [0.2, 0.25) is 0 Å². The van der Waals surface area contributed by atoms with Crippen LogP contribution in [0.5, 0.6) is 11.5 Å². The van der Waals surface area contributed by atoms with Crippen LogP contribution in [-0.4, -0.2) is 17.7 Å². The van der Waals surface area contributed by atoms with Crippen LogP contribution in [0.15, 0.2) is 60.8 Å². The van der Waals surface area contributed by atoms with Crippen molar-refractivity contribution in [3.05, 3.63) is 77.7 Å². The average molecular weight is 365 g/mol. The molecule has 4 rings (SSSR count). The van der Waals surface area contributed by atoms with Crippen LogP contribution in [0.25, 0.3) is 0 Å².